The Balaban J connectivity index is 1.61. The van der Waals surface area contributed by atoms with Crippen LogP contribution in [0.2, 0.25) is 0 Å². The zero-order valence-corrected chi connectivity index (χ0v) is 13.7. The maximum absolute atomic E-state index is 13.5. The van der Waals surface area contributed by atoms with Gasteiger partial charge in [0.1, 0.15) is 18.0 Å². The van der Waals surface area contributed by atoms with Crippen LogP contribution in [0.1, 0.15) is 27.6 Å². The zero-order chi connectivity index (χ0) is 17.8. The van der Waals surface area contributed by atoms with Crippen molar-refractivity contribution in [3.05, 3.63) is 58.9 Å². The van der Waals surface area contributed by atoms with E-state index in [0.717, 1.165) is 0 Å². The average molecular weight is 345 g/mol. The van der Waals surface area contributed by atoms with Crippen LogP contribution in [-0.2, 0) is 13.2 Å². The van der Waals surface area contributed by atoms with Crippen molar-refractivity contribution in [1.82, 2.24) is 25.4 Å². The molecule has 25 heavy (non-hydrogen) atoms. The molecule has 0 fully saturated rings. The van der Waals surface area contributed by atoms with Crippen LogP contribution in [0.4, 0.5) is 4.39 Å². The molecule has 2 heterocycles. The molecule has 0 unspecified atom stereocenters. The highest BCUT2D eigenvalue weighted by Gasteiger charge is 2.18. The number of amides is 1. The molecule has 0 spiro atoms. The smallest absolute Gasteiger partial charge is 0.274 e. The summed E-state index contributed by atoms with van der Waals surface area (Å²) in [7, 11) is 1.63. The number of aromatic nitrogens is 4. The van der Waals surface area contributed by atoms with Gasteiger partial charge in [0.05, 0.1) is 12.2 Å². The molecular formula is C16H16FN5O3. The molecule has 1 amide bonds. The number of nitrogens with one attached hydrogen (secondary N) is 1. The maximum atomic E-state index is 13.5. The van der Waals surface area contributed by atoms with Gasteiger partial charge in [-0.2, -0.15) is 5.10 Å². The molecule has 0 radical (unpaired) electrons. The van der Waals surface area contributed by atoms with Gasteiger partial charge in [0, 0.05) is 7.05 Å². The second kappa shape index (κ2) is 7.12. The van der Waals surface area contributed by atoms with Crippen molar-refractivity contribution < 1.29 is 18.6 Å². The van der Waals surface area contributed by atoms with Gasteiger partial charge in [-0.25, -0.2) is 9.02 Å². The molecule has 0 atom stereocenters. The molecule has 130 valence electrons. The summed E-state index contributed by atoms with van der Waals surface area (Å²) in [5.74, 6) is -0.610. The van der Waals surface area contributed by atoms with E-state index in [1.165, 1.54) is 17.0 Å². The van der Waals surface area contributed by atoms with Gasteiger partial charge < -0.3 is 9.64 Å². The number of halogens is 1. The van der Waals surface area contributed by atoms with E-state index in [2.05, 4.69) is 25.1 Å². The average Bonchev–Trinajstić information content (AvgIpc) is 3.23. The Morgan fingerprint density at radius 1 is 1.36 bits per heavy atom. The summed E-state index contributed by atoms with van der Waals surface area (Å²) >= 11 is 0. The molecule has 0 bridgehead atoms. The molecule has 9 heteroatoms. The second-order valence-corrected chi connectivity index (χ2v) is 5.46. The van der Waals surface area contributed by atoms with Gasteiger partial charge in [0.15, 0.2) is 17.3 Å². The number of hydrogen-bond donors (Lipinski definition) is 1. The first-order valence-corrected chi connectivity index (χ1v) is 7.49. The lowest BCUT2D eigenvalue weighted by molar-refractivity contribution is 0.0776. The van der Waals surface area contributed by atoms with E-state index >= 15 is 0 Å². The quantitative estimate of drug-likeness (QED) is 0.735. The standard InChI is InChI=1S/C16H16FN5O3/c1-10-14(21-25-20-10)8-22(2)16(23)13-7-11(18-19-13)9-24-15-6-4-3-5-12(15)17/h3-7H,8-9H2,1-2H3,(H,18,19). The molecule has 1 N–H and O–H groups in total. The number of H-pyrrole nitrogens is 1. The van der Waals surface area contributed by atoms with Crippen molar-refractivity contribution in [2.24, 2.45) is 0 Å². The van der Waals surface area contributed by atoms with Gasteiger partial charge in [-0.1, -0.05) is 22.4 Å². The number of hydrogen-bond acceptors (Lipinski definition) is 6. The van der Waals surface area contributed by atoms with E-state index in [0.29, 0.717) is 17.1 Å². The van der Waals surface area contributed by atoms with Crippen molar-refractivity contribution in [3.63, 3.8) is 0 Å². The predicted molar refractivity (Wildman–Crippen MR) is 84.2 cm³/mol. The van der Waals surface area contributed by atoms with Gasteiger partial charge in [0.2, 0.25) is 0 Å². The number of carbonyl (C=O) groups is 1. The number of nitrogens with zero attached hydrogens (tertiary/aromatic N) is 4. The minimum atomic E-state index is -0.449. The lowest BCUT2D eigenvalue weighted by atomic mass is 10.3. The number of aromatic amines is 1. The van der Waals surface area contributed by atoms with Crippen molar-refractivity contribution >= 4 is 5.91 Å². The van der Waals surface area contributed by atoms with E-state index in [4.69, 9.17) is 4.74 Å². The Kier molecular flexibility index (Phi) is 4.73. The molecule has 2 aromatic heterocycles. The summed E-state index contributed by atoms with van der Waals surface area (Å²) in [5.41, 5.74) is 1.98. The van der Waals surface area contributed by atoms with Gasteiger partial charge in [0.25, 0.3) is 5.91 Å². The maximum Gasteiger partial charge on any atom is 0.274 e. The van der Waals surface area contributed by atoms with Crippen LogP contribution in [0, 0.1) is 12.7 Å². The zero-order valence-electron chi connectivity index (χ0n) is 13.7. The van der Waals surface area contributed by atoms with Gasteiger partial charge in [-0.15, -0.1) is 0 Å². The molecule has 3 rings (SSSR count). The van der Waals surface area contributed by atoms with Crippen LogP contribution in [-0.4, -0.2) is 38.4 Å². The minimum absolute atomic E-state index is 0.0667. The van der Waals surface area contributed by atoms with E-state index in [-0.39, 0.29) is 30.5 Å². The van der Waals surface area contributed by atoms with E-state index < -0.39 is 5.82 Å². The molecule has 0 aliphatic carbocycles. The van der Waals surface area contributed by atoms with E-state index in [1.807, 2.05) is 0 Å². The fraction of sp³-hybridized carbons (Fsp3) is 0.250. The summed E-state index contributed by atoms with van der Waals surface area (Å²) in [6.45, 7) is 2.07. The highest BCUT2D eigenvalue weighted by molar-refractivity contribution is 5.92. The first-order valence-electron chi connectivity index (χ1n) is 7.49. The van der Waals surface area contributed by atoms with Gasteiger partial charge in [-0.05, 0) is 25.1 Å². The molecule has 0 aliphatic heterocycles. The molecule has 8 nitrogen and oxygen atoms in total. The van der Waals surface area contributed by atoms with Crippen LogP contribution in [0.15, 0.2) is 35.0 Å². The topological polar surface area (TPSA) is 97.1 Å². The first-order chi connectivity index (χ1) is 12.0. The Labute approximate surface area is 142 Å². The third-order valence-electron chi connectivity index (χ3n) is 3.55. The van der Waals surface area contributed by atoms with Crippen LogP contribution in [0.25, 0.3) is 0 Å². The summed E-state index contributed by atoms with van der Waals surface area (Å²) in [6, 6.07) is 7.66. The molecular weight excluding hydrogens is 329 g/mol. The molecule has 3 aromatic rings. The SMILES string of the molecule is Cc1nonc1CN(C)C(=O)c1cc(COc2ccccc2F)[nH]n1. The highest BCUT2D eigenvalue weighted by atomic mass is 19.1. The predicted octanol–water partition coefficient (Wildman–Crippen LogP) is 2.09. The Morgan fingerprint density at radius 3 is 2.88 bits per heavy atom. The number of ether oxygens (including phenoxy) is 1. The monoisotopic (exact) mass is 345 g/mol. The van der Waals surface area contributed by atoms with Crippen LogP contribution >= 0.6 is 0 Å². The Bertz CT molecular complexity index is 876. The molecule has 0 aliphatic rings. The third-order valence-corrected chi connectivity index (χ3v) is 3.55. The van der Waals surface area contributed by atoms with Crippen LogP contribution in [0.5, 0.6) is 5.75 Å². The summed E-state index contributed by atoms with van der Waals surface area (Å²) in [4.78, 5) is 13.8. The lowest BCUT2D eigenvalue weighted by Crippen LogP contribution is -2.27. The molecule has 0 saturated heterocycles. The minimum Gasteiger partial charge on any atom is -0.484 e. The summed E-state index contributed by atoms with van der Waals surface area (Å²) in [6.07, 6.45) is 0. The van der Waals surface area contributed by atoms with Crippen molar-refractivity contribution in [2.75, 3.05) is 7.05 Å². The summed E-state index contributed by atoms with van der Waals surface area (Å²) in [5, 5.41) is 14.1. The van der Waals surface area contributed by atoms with E-state index in [9.17, 15) is 9.18 Å². The molecule has 1 aromatic carbocycles. The first kappa shape index (κ1) is 16.6. The number of carbonyl (C=O) groups excluding carboxylic acids is 1. The third kappa shape index (κ3) is 3.82. The van der Waals surface area contributed by atoms with Crippen molar-refractivity contribution in [2.45, 2.75) is 20.1 Å². The number of para-hydroxylation sites is 1. The van der Waals surface area contributed by atoms with Crippen LogP contribution < -0.4 is 4.74 Å². The van der Waals surface area contributed by atoms with Crippen LogP contribution in [0.3, 0.4) is 0 Å². The van der Waals surface area contributed by atoms with Gasteiger partial charge in [-0.3, -0.25) is 9.89 Å². The van der Waals surface area contributed by atoms with E-state index in [1.54, 1.807) is 32.2 Å². The van der Waals surface area contributed by atoms with Gasteiger partial charge >= 0.3 is 0 Å². The Hall–Kier alpha value is -3.23. The molecule has 0 saturated carbocycles. The normalized spacial score (nSPS) is 10.7. The fourth-order valence-electron chi connectivity index (χ4n) is 2.15. The highest BCUT2D eigenvalue weighted by Crippen LogP contribution is 2.17. The van der Waals surface area contributed by atoms with Crippen molar-refractivity contribution in [1.29, 1.82) is 0 Å². The summed E-state index contributed by atoms with van der Waals surface area (Å²) < 4.78 is 23.5. The number of aryl methyl sites for hydroxylation is 1. The number of benzene rings is 1. The second-order valence-electron chi connectivity index (χ2n) is 5.46. The Morgan fingerprint density at radius 2 is 2.16 bits per heavy atom. The largest absolute Gasteiger partial charge is 0.484 e. The fourth-order valence-corrected chi connectivity index (χ4v) is 2.15. The lowest BCUT2D eigenvalue weighted by Gasteiger charge is -2.13. The number of rotatable bonds is 6. The van der Waals surface area contributed by atoms with Crippen molar-refractivity contribution in [3.8, 4) is 5.75 Å².